The van der Waals surface area contributed by atoms with Crippen LogP contribution in [0.1, 0.15) is 150 Å². The molecule has 26 nitrogen and oxygen atoms in total. The Kier molecular flexibility index (Phi) is 34.6. The van der Waals surface area contributed by atoms with Crippen molar-refractivity contribution in [3.63, 3.8) is 0 Å². The second-order valence-electron chi connectivity index (χ2n) is 29.5. The molecule has 30 heteroatoms. The van der Waals surface area contributed by atoms with Gasteiger partial charge in [-0.15, -0.1) is 11.8 Å². The van der Waals surface area contributed by atoms with E-state index in [4.69, 9.17) is 25.5 Å². The van der Waals surface area contributed by atoms with Crippen LogP contribution in [0.15, 0.2) is 114 Å². The molecule has 8 atom stereocenters. The monoisotopic (exact) mass is 1590 g/mol. The summed E-state index contributed by atoms with van der Waals surface area (Å²) < 4.78 is 16.9. The molecule has 3 saturated heterocycles. The predicted molar refractivity (Wildman–Crippen MR) is 426 cm³/mol. The number of ketones is 2. The number of azide groups is 1. The SMILES string of the molecule is Cc1ccc(COC(=O)N2CSCC2C(=O)NCCCC[C@H](CC(=O)[C@@H]2CCCN2C(=O)COC(=O)[C@H](CC2=CCc3ccccc32)NC(=O)[C@H](CCCCN(C)C)CC(=O)[C@H](CSSC(C)(C)C)CC(=O)OCc2ccc(N=[N+]=[N-])cc2)C(=O)N[C@@H](CC(=O)SCc2ccccc2)C(=O)N2CCC[C@H]2C(N)=O)cc1. The van der Waals surface area contributed by atoms with Crippen LogP contribution in [0.2, 0.25) is 0 Å². The summed E-state index contributed by atoms with van der Waals surface area (Å²) in [4.78, 5) is 179. The number of rotatable bonds is 42. The molecule has 4 aromatic carbocycles. The molecule has 1 aliphatic carbocycles. The molecule has 1 unspecified atom stereocenters. The number of aryl methyl sites for hydroxylation is 1. The van der Waals surface area contributed by atoms with E-state index < -0.39 is 132 Å². The Balaban J connectivity index is 0.968. The Bertz CT molecular complexity index is 3950. The highest BCUT2D eigenvalue weighted by Gasteiger charge is 2.42. The van der Waals surface area contributed by atoms with Crippen LogP contribution in [0, 0.1) is 24.7 Å². The van der Waals surface area contributed by atoms with E-state index in [0.717, 1.165) is 45.2 Å². The number of hydrogen-bond donors (Lipinski definition) is 4. The van der Waals surface area contributed by atoms with Crippen LogP contribution < -0.4 is 21.7 Å². The van der Waals surface area contributed by atoms with E-state index in [-0.39, 0.29) is 112 Å². The van der Waals surface area contributed by atoms with Gasteiger partial charge in [-0.3, -0.25) is 52.8 Å². The zero-order valence-electron chi connectivity index (χ0n) is 63.6. The van der Waals surface area contributed by atoms with Crippen LogP contribution in [0.5, 0.6) is 0 Å². The average Bonchev–Trinajstić information content (AvgIpc) is 1.66. The quantitative estimate of drug-likeness (QED) is 0.00609. The maximum atomic E-state index is 15.0. The van der Waals surface area contributed by atoms with E-state index in [1.807, 2.05) is 132 Å². The van der Waals surface area contributed by atoms with Gasteiger partial charge < -0.3 is 50.6 Å². The van der Waals surface area contributed by atoms with Gasteiger partial charge in [0.1, 0.15) is 43.2 Å². The van der Waals surface area contributed by atoms with Gasteiger partial charge in [0.2, 0.25) is 29.5 Å². The molecular weight excluding hydrogens is 1480 g/mol. The minimum Gasteiger partial charge on any atom is -0.461 e. The van der Waals surface area contributed by atoms with Crippen molar-refractivity contribution in [3.05, 3.63) is 153 Å². The number of ether oxygens (including phenoxy) is 3. The average molecular weight is 1590 g/mol. The van der Waals surface area contributed by atoms with Crippen LogP contribution in [0.25, 0.3) is 16.0 Å². The summed E-state index contributed by atoms with van der Waals surface area (Å²) in [6, 6.07) is 25.2. The molecule has 7 amide bonds. The van der Waals surface area contributed by atoms with Gasteiger partial charge in [0.15, 0.2) is 17.5 Å². The van der Waals surface area contributed by atoms with Gasteiger partial charge in [-0.05, 0) is 124 Å². The number of primary amides is 1. The number of carbonyl (C=O) groups is 12. The van der Waals surface area contributed by atoms with Crippen LogP contribution in [0.3, 0.4) is 0 Å². The number of amides is 7. The molecule has 0 radical (unpaired) electrons. The number of nitrogens with two attached hydrogens (primary N) is 1. The Labute approximate surface area is 660 Å². The van der Waals surface area contributed by atoms with Crippen molar-refractivity contribution in [1.29, 1.82) is 0 Å². The number of hydrogen-bond acceptors (Lipinski definition) is 21. The molecular formula is C80H103N11O15S4. The molecule has 0 saturated carbocycles. The summed E-state index contributed by atoms with van der Waals surface area (Å²) in [5.74, 6) is -8.14. The zero-order chi connectivity index (χ0) is 79.3. The smallest absolute Gasteiger partial charge is 0.411 e. The molecule has 3 heterocycles. The van der Waals surface area contributed by atoms with Gasteiger partial charge >= 0.3 is 18.0 Å². The zero-order valence-corrected chi connectivity index (χ0v) is 66.8. The van der Waals surface area contributed by atoms with Crippen molar-refractivity contribution < 1.29 is 71.7 Å². The lowest BCUT2D eigenvalue weighted by molar-refractivity contribution is -0.155. The number of carbonyl (C=O) groups excluding carboxylic acids is 12. The summed E-state index contributed by atoms with van der Waals surface area (Å²) >= 11 is 2.37. The van der Waals surface area contributed by atoms with E-state index in [1.165, 1.54) is 37.3 Å². The number of esters is 2. The fraction of sp³-hybridized carbons (Fsp3) is 0.525. The molecule has 3 aliphatic heterocycles. The highest BCUT2D eigenvalue weighted by Crippen LogP contribution is 2.38. The molecule has 3 fully saturated rings. The summed E-state index contributed by atoms with van der Waals surface area (Å²) in [6.07, 6.45) is 3.83. The van der Waals surface area contributed by atoms with Crippen molar-refractivity contribution in [3.8, 4) is 0 Å². The van der Waals surface area contributed by atoms with Crippen molar-refractivity contribution >= 4 is 127 Å². The highest BCUT2D eigenvalue weighted by molar-refractivity contribution is 8.77. The molecule has 4 aliphatic rings. The number of nitrogens with one attached hydrogen (secondary N) is 3. The normalized spacial score (nSPS) is 17.3. The Hall–Kier alpha value is -8.67. The summed E-state index contributed by atoms with van der Waals surface area (Å²) in [5.41, 5.74) is 20.9. The van der Waals surface area contributed by atoms with Crippen molar-refractivity contribution in [2.75, 3.05) is 64.3 Å². The van der Waals surface area contributed by atoms with E-state index in [2.05, 4.69) is 26.0 Å². The first kappa shape index (κ1) is 86.9. The van der Waals surface area contributed by atoms with Crippen molar-refractivity contribution in [2.45, 2.75) is 184 Å². The van der Waals surface area contributed by atoms with Crippen LogP contribution in [0.4, 0.5) is 10.5 Å². The van der Waals surface area contributed by atoms with E-state index in [1.54, 1.807) is 35.1 Å². The number of likely N-dealkylation sites (tertiary alicyclic amines) is 2. The maximum absolute atomic E-state index is 15.0. The van der Waals surface area contributed by atoms with Gasteiger partial charge in [-0.2, -0.15) is 0 Å². The number of fused-ring (bicyclic) bond motifs is 1. The first-order chi connectivity index (χ1) is 52.7. The summed E-state index contributed by atoms with van der Waals surface area (Å²) in [5, 5.41) is 11.8. The lowest BCUT2D eigenvalue weighted by atomic mass is 9.89. The van der Waals surface area contributed by atoms with Crippen LogP contribution in [-0.4, -0.2) is 189 Å². The van der Waals surface area contributed by atoms with Crippen molar-refractivity contribution in [2.24, 2.45) is 28.6 Å². The highest BCUT2D eigenvalue weighted by atomic mass is 33.1. The van der Waals surface area contributed by atoms with Crippen molar-refractivity contribution in [1.82, 2.24) is 35.6 Å². The number of benzene rings is 4. The molecule has 0 spiro atoms. The molecule has 110 heavy (non-hydrogen) atoms. The summed E-state index contributed by atoms with van der Waals surface area (Å²) in [7, 11) is 6.85. The number of allylic oxidation sites excluding steroid dienone is 1. The second-order valence-corrected chi connectivity index (χ2v) is 34.7. The third kappa shape index (κ3) is 27.7. The minimum atomic E-state index is -1.46. The maximum Gasteiger partial charge on any atom is 0.411 e. The number of nitrogens with zero attached hydrogens (tertiary/aromatic N) is 7. The first-order valence-electron chi connectivity index (χ1n) is 37.5. The number of Topliss-reactive ketones (excluding diaryl/α,β-unsaturated/α-hetero) is 2. The predicted octanol–water partition coefficient (Wildman–Crippen LogP) is 10.9. The molecule has 5 N–H and O–H groups in total. The van der Waals surface area contributed by atoms with Gasteiger partial charge in [-0.1, -0.05) is 187 Å². The van der Waals surface area contributed by atoms with Gasteiger partial charge in [0.25, 0.3) is 5.91 Å². The first-order valence-corrected chi connectivity index (χ1v) is 42.0. The molecule has 4 aromatic rings. The molecule has 8 rings (SSSR count). The molecule has 0 aromatic heterocycles. The van der Waals surface area contributed by atoms with Crippen LogP contribution >= 0.6 is 45.1 Å². The fourth-order valence-corrected chi connectivity index (χ4v) is 18.1. The second kappa shape index (κ2) is 43.8. The molecule has 0 bridgehead atoms. The minimum absolute atomic E-state index is 0.0272. The van der Waals surface area contributed by atoms with E-state index in [9.17, 15) is 57.5 Å². The fourth-order valence-electron chi connectivity index (χ4n) is 13.5. The Morgan fingerprint density at radius 3 is 2.04 bits per heavy atom. The Morgan fingerprint density at radius 2 is 1.35 bits per heavy atom. The Morgan fingerprint density at radius 1 is 0.700 bits per heavy atom. The van der Waals surface area contributed by atoms with E-state index >= 15 is 0 Å². The van der Waals surface area contributed by atoms with Crippen LogP contribution in [-0.2, 0) is 92.3 Å². The third-order valence-electron chi connectivity index (χ3n) is 19.5. The topological polar surface area (TPSA) is 356 Å². The lowest BCUT2D eigenvalue weighted by Gasteiger charge is -2.29. The third-order valence-corrected chi connectivity index (χ3v) is 24.9. The number of unbranched alkanes of at least 4 members (excludes halogenated alkanes) is 2. The summed E-state index contributed by atoms with van der Waals surface area (Å²) in [6.45, 7) is 8.21. The van der Waals surface area contributed by atoms with E-state index in [0.29, 0.717) is 62.1 Å². The standard InChI is InChI=1S/C80H103N11O15S4/c1-52-26-28-53(29-27-52)46-106-79(103)91-51-107-50-67(91)76(100)83-36-14-12-21-59(74(98)84-63(77(101)90-39-17-25-66(90)73(81)97)44-72(96)108-48-55-18-8-7-9-19-55)42-69(93)65-24-16-38-89(65)70(94)47-105-78(102)64(40-57-33-32-56-20-10-11-23-62(56)57)85-75(99)58(22-13-15-37-88(5)6)41-68(92)60(49-109-110-80(2,3)4)43-71(95)104-45-54-30-34-61(35-31-54)86-87-82/h7-11,18-20,23,26-31,33-35,58-60,63-67H,12-17,21-22,24-25,32,36-51H2,1-6H3,(H2,81,97)(H,83,100)(H,84,98)(H,85,99)/t58-,59-,60+,63+,64+,65+,66+,67?/m1/s1. The lowest BCUT2D eigenvalue weighted by Crippen LogP contribution is -2.54. The van der Waals surface area contributed by atoms with Gasteiger partial charge in [0.05, 0.1) is 18.3 Å². The molecule has 592 valence electrons. The number of thioether (sulfide) groups is 2. The van der Waals surface area contributed by atoms with Gasteiger partial charge in [-0.25, -0.2) is 9.59 Å². The van der Waals surface area contributed by atoms with Gasteiger partial charge in [0, 0.05) is 95.7 Å². The largest absolute Gasteiger partial charge is 0.461 e.